The van der Waals surface area contributed by atoms with Gasteiger partial charge in [0, 0.05) is 18.9 Å². The fourth-order valence-corrected chi connectivity index (χ4v) is 3.45. The monoisotopic (exact) mass is 398 g/mol. The summed E-state index contributed by atoms with van der Waals surface area (Å²) in [6, 6.07) is 7.19. The Balaban J connectivity index is 1.46. The van der Waals surface area contributed by atoms with Crippen LogP contribution in [0.25, 0.3) is 5.69 Å². The lowest BCUT2D eigenvalue weighted by atomic mass is 10.1. The van der Waals surface area contributed by atoms with Crippen molar-refractivity contribution in [3.8, 4) is 5.69 Å². The zero-order valence-electron chi connectivity index (χ0n) is 16.4. The molecule has 3 rings (SSSR count). The molecule has 0 bridgehead atoms. The second kappa shape index (κ2) is 9.31. The Kier molecular flexibility index (Phi) is 6.58. The minimum absolute atomic E-state index is 0.0616. The van der Waals surface area contributed by atoms with Crippen molar-refractivity contribution in [2.24, 2.45) is 11.7 Å². The van der Waals surface area contributed by atoms with Crippen molar-refractivity contribution in [2.45, 2.75) is 45.1 Å². The molecule has 0 spiro atoms. The zero-order chi connectivity index (χ0) is 20.8. The summed E-state index contributed by atoms with van der Waals surface area (Å²) >= 11 is 0. The maximum absolute atomic E-state index is 12.2. The van der Waals surface area contributed by atoms with Gasteiger partial charge in [-0.05, 0) is 37.5 Å². The van der Waals surface area contributed by atoms with Gasteiger partial charge in [0.15, 0.2) is 5.69 Å². The number of nitrogens with zero attached hydrogens (tertiary/aromatic N) is 3. The summed E-state index contributed by atoms with van der Waals surface area (Å²) in [6.07, 6.45) is 5.82. The minimum Gasteiger partial charge on any atom is -0.364 e. The van der Waals surface area contributed by atoms with E-state index in [1.54, 1.807) is 0 Å². The van der Waals surface area contributed by atoms with Gasteiger partial charge in [0.25, 0.3) is 5.91 Å². The summed E-state index contributed by atoms with van der Waals surface area (Å²) in [5.41, 5.74) is 6.92. The molecule has 1 saturated carbocycles. The topological polar surface area (TPSA) is 132 Å². The first-order chi connectivity index (χ1) is 13.9. The SMILES string of the molecule is C[C@H](NC(=O)CCNC(=O)C1CCCC1)c1ccc(-n2cc(C(N)=O)nn2)cc1. The van der Waals surface area contributed by atoms with Crippen LogP contribution in [0.4, 0.5) is 0 Å². The van der Waals surface area contributed by atoms with E-state index >= 15 is 0 Å². The highest BCUT2D eigenvalue weighted by atomic mass is 16.2. The molecule has 1 aromatic heterocycles. The van der Waals surface area contributed by atoms with E-state index in [0.717, 1.165) is 36.9 Å². The fraction of sp³-hybridized carbons (Fsp3) is 0.450. The molecule has 0 aliphatic heterocycles. The third kappa shape index (κ3) is 5.40. The van der Waals surface area contributed by atoms with Crippen LogP contribution in [-0.2, 0) is 9.59 Å². The average Bonchev–Trinajstić information content (AvgIpc) is 3.40. The lowest BCUT2D eigenvalue weighted by Crippen LogP contribution is -2.34. The summed E-state index contributed by atoms with van der Waals surface area (Å²) < 4.78 is 1.46. The molecule has 1 aromatic carbocycles. The predicted molar refractivity (Wildman–Crippen MR) is 106 cm³/mol. The first-order valence-corrected chi connectivity index (χ1v) is 9.83. The van der Waals surface area contributed by atoms with Crippen molar-refractivity contribution < 1.29 is 14.4 Å². The minimum atomic E-state index is -0.636. The Morgan fingerprint density at radius 3 is 2.52 bits per heavy atom. The zero-order valence-corrected chi connectivity index (χ0v) is 16.4. The highest BCUT2D eigenvalue weighted by Crippen LogP contribution is 2.24. The van der Waals surface area contributed by atoms with Crippen LogP contribution in [-0.4, -0.2) is 39.3 Å². The van der Waals surface area contributed by atoms with Gasteiger partial charge in [0.05, 0.1) is 17.9 Å². The number of amides is 3. The van der Waals surface area contributed by atoms with Crippen LogP contribution in [0.1, 0.15) is 61.1 Å². The van der Waals surface area contributed by atoms with Gasteiger partial charge in [-0.3, -0.25) is 14.4 Å². The number of carbonyl (C=O) groups excluding carboxylic acids is 3. The maximum Gasteiger partial charge on any atom is 0.270 e. The van der Waals surface area contributed by atoms with Crippen molar-refractivity contribution in [1.29, 1.82) is 0 Å². The molecule has 1 fully saturated rings. The molecule has 9 nitrogen and oxygen atoms in total. The molecular weight excluding hydrogens is 372 g/mol. The Morgan fingerprint density at radius 1 is 1.21 bits per heavy atom. The van der Waals surface area contributed by atoms with Crippen molar-refractivity contribution in [3.05, 3.63) is 41.7 Å². The standard InChI is InChI=1S/C20H26N6O3/c1-13(23-18(27)10-11-22-20(29)15-4-2-3-5-15)14-6-8-16(9-7-14)26-12-17(19(21)28)24-25-26/h6-9,12-13,15H,2-5,10-11H2,1H3,(H2,21,28)(H,22,29)(H,23,27)/t13-/m0/s1. The molecule has 2 aromatic rings. The number of rotatable bonds is 8. The smallest absolute Gasteiger partial charge is 0.270 e. The number of nitrogens with two attached hydrogens (primary N) is 1. The van der Waals surface area contributed by atoms with Crippen LogP contribution in [0.15, 0.2) is 30.5 Å². The van der Waals surface area contributed by atoms with Gasteiger partial charge >= 0.3 is 0 Å². The molecule has 0 unspecified atom stereocenters. The highest BCUT2D eigenvalue weighted by molar-refractivity contribution is 5.90. The van der Waals surface area contributed by atoms with E-state index in [4.69, 9.17) is 5.73 Å². The summed E-state index contributed by atoms with van der Waals surface area (Å²) in [5.74, 6) is -0.578. The van der Waals surface area contributed by atoms with Crippen LogP contribution in [0.5, 0.6) is 0 Å². The number of hydrogen-bond acceptors (Lipinski definition) is 5. The molecule has 1 aliphatic rings. The number of carbonyl (C=O) groups is 3. The lowest BCUT2D eigenvalue weighted by molar-refractivity contribution is -0.125. The van der Waals surface area contributed by atoms with E-state index in [2.05, 4.69) is 20.9 Å². The van der Waals surface area contributed by atoms with Crippen molar-refractivity contribution >= 4 is 17.7 Å². The van der Waals surface area contributed by atoms with E-state index in [1.165, 1.54) is 10.9 Å². The van der Waals surface area contributed by atoms with Crippen LogP contribution in [0, 0.1) is 5.92 Å². The number of benzene rings is 1. The molecule has 4 N–H and O–H groups in total. The summed E-state index contributed by atoms with van der Waals surface area (Å²) in [4.78, 5) is 35.2. The first kappa shape index (κ1) is 20.5. The number of nitrogens with one attached hydrogen (secondary N) is 2. The number of hydrogen-bond donors (Lipinski definition) is 3. The lowest BCUT2D eigenvalue weighted by Gasteiger charge is -2.15. The Labute approximate surface area is 169 Å². The van der Waals surface area contributed by atoms with Crippen molar-refractivity contribution in [2.75, 3.05) is 6.54 Å². The van der Waals surface area contributed by atoms with Crippen LogP contribution >= 0.6 is 0 Å². The Bertz CT molecular complexity index is 871. The van der Waals surface area contributed by atoms with Gasteiger partial charge in [0.2, 0.25) is 11.8 Å². The number of primary amides is 1. The molecule has 1 aliphatic carbocycles. The van der Waals surface area contributed by atoms with Crippen LogP contribution in [0.3, 0.4) is 0 Å². The van der Waals surface area contributed by atoms with Crippen molar-refractivity contribution in [1.82, 2.24) is 25.6 Å². The Hall–Kier alpha value is -3.23. The van der Waals surface area contributed by atoms with E-state index in [9.17, 15) is 14.4 Å². The van der Waals surface area contributed by atoms with Crippen molar-refractivity contribution in [3.63, 3.8) is 0 Å². The van der Waals surface area contributed by atoms with Gasteiger partial charge in [0.1, 0.15) is 0 Å². The molecule has 0 saturated heterocycles. The highest BCUT2D eigenvalue weighted by Gasteiger charge is 2.22. The maximum atomic E-state index is 12.2. The first-order valence-electron chi connectivity index (χ1n) is 9.83. The molecule has 0 radical (unpaired) electrons. The molecule has 154 valence electrons. The summed E-state index contributed by atoms with van der Waals surface area (Å²) in [6.45, 7) is 2.24. The van der Waals surface area contributed by atoms with Gasteiger partial charge in [-0.2, -0.15) is 0 Å². The molecule has 29 heavy (non-hydrogen) atoms. The molecular formula is C20H26N6O3. The molecule has 1 heterocycles. The Morgan fingerprint density at radius 2 is 1.90 bits per heavy atom. The van der Waals surface area contributed by atoms with Gasteiger partial charge in [-0.25, -0.2) is 4.68 Å². The second-order valence-corrected chi connectivity index (χ2v) is 7.32. The largest absolute Gasteiger partial charge is 0.364 e. The third-order valence-corrected chi connectivity index (χ3v) is 5.16. The van der Waals surface area contributed by atoms with Gasteiger partial charge in [-0.1, -0.05) is 30.2 Å². The summed E-state index contributed by atoms with van der Waals surface area (Å²) in [7, 11) is 0. The van der Waals surface area contributed by atoms with E-state index in [0.29, 0.717) is 6.54 Å². The second-order valence-electron chi connectivity index (χ2n) is 7.32. The fourth-order valence-electron chi connectivity index (χ4n) is 3.45. The predicted octanol–water partition coefficient (Wildman–Crippen LogP) is 1.24. The molecule has 3 amide bonds. The molecule has 1 atom stereocenters. The number of aromatic nitrogens is 3. The van der Waals surface area contributed by atoms with Crippen LogP contribution < -0.4 is 16.4 Å². The van der Waals surface area contributed by atoms with Gasteiger partial charge in [-0.15, -0.1) is 5.10 Å². The van der Waals surface area contributed by atoms with E-state index in [-0.39, 0.29) is 35.9 Å². The normalized spacial score (nSPS) is 15.1. The van der Waals surface area contributed by atoms with Gasteiger partial charge < -0.3 is 16.4 Å². The quantitative estimate of drug-likeness (QED) is 0.615. The third-order valence-electron chi connectivity index (χ3n) is 5.16. The summed E-state index contributed by atoms with van der Waals surface area (Å²) in [5, 5.41) is 13.4. The van der Waals surface area contributed by atoms with Crippen LogP contribution in [0.2, 0.25) is 0 Å². The van der Waals surface area contributed by atoms with E-state index < -0.39 is 5.91 Å². The molecule has 9 heteroatoms. The average molecular weight is 398 g/mol. The van der Waals surface area contributed by atoms with E-state index in [1.807, 2.05) is 31.2 Å².